The van der Waals surface area contributed by atoms with Crippen LogP contribution in [0.4, 0.5) is 41.0 Å². The number of nitrogens with one attached hydrogen (secondary N) is 3. The predicted octanol–water partition coefficient (Wildman–Crippen LogP) is 6.67. The van der Waals surface area contributed by atoms with Crippen LogP contribution in [0.5, 0.6) is 0 Å². The van der Waals surface area contributed by atoms with E-state index in [1.807, 2.05) is 12.1 Å². The van der Waals surface area contributed by atoms with Crippen LogP contribution in [0.3, 0.4) is 0 Å². The number of anilines is 3. The molecule has 1 fully saturated rings. The zero-order valence-electron chi connectivity index (χ0n) is 23.2. The number of hydrogen-bond donors (Lipinski definition) is 3. The van der Waals surface area contributed by atoms with Gasteiger partial charge < -0.3 is 5.32 Å². The zero-order valence-corrected chi connectivity index (χ0v) is 23.2. The van der Waals surface area contributed by atoms with Gasteiger partial charge in [0, 0.05) is 29.1 Å². The van der Waals surface area contributed by atoms with Gasteiger partial charge in [-0.1, -0.05) is 48.6 Å². The molecule has 44 heavy (non-hydrogen) atoms. The van der Waals surface area contributed by atoms with Crippen molar-refractivity contribution in [2.45, 2.75) is 50.7 Å². The lowest BCUT2D eigenvalue weighted by atomic mass is 9.84. The third-order valence-electron chi connectivity index (χ3n) is 7.36. The van der Waals surface area contributed by atoms with E-state index in [9.17, 15) is 32.9 Å². The van der Waals surface area contributed by atoms with Crippen LogP contribution in [0.15, 0.2) is 66.7 Å². The van der Waals surface area contributed by atoms with Crippen molar-refractivity contribution in [2.75, 3.05) is 15.5 Å². The summed E-state index contributed by atoms with van der Waals surface area (Å²) in [6, 6.07) is 14.8. The number of nitro benzene ring substituents is 1. The Morgan fingerprint density at radius 2 is 1.68 bits per heavy atom. The molecule has 0 unspecified atom stereocenters. The monoisotopic (exact) mass is 608 g/mol. The molecule has 0 atom stereocenters. The summed E-state index contributed by atoms with van der Waals surface area (Å²) in [6.45, 7) is -0.0254. The van der Waals surface area contributed by atoms with Crippen LogP contribution in [0, 0.1) is 10.1 Å². The molecule has 3 aromatic carbocycles. The fraction of sp³-hybridized carbons (Fsp3) is 0.276. The Labute approximate surface area is 248 Å². The Morgan fingerprint density at radius 3 is 2.30 bits per heavy atom. The number of alkyl halides is 3. The minimum atomic E-state index is -4.86. The van der Waals surface area contributed by atoms with Crippen LogP contribution in [0.1, 0.15) is 65.1 Å². The summed E-state index contributed by atoms with van der Waals surface area (Å²) in [5.41, 5.74) is 0.0224. The Morgan fingerprint density at radius 1 is 0.977 bits per heavy atom. The molecule has 15 heteroatoms. The average Bonchev–Trinajstić information content (AvgIpc) is 3.53. The molecule has 0 saturated heterocycles. The van der Waals surface area contributed by atoms with Crippen molar-refractivity contribution in [1.29, 1.82) is 0 Å². The number of nitro groups is 1. The zero-order chi connectivity index (χ0) is 31.3. The van der Waals surface area contributed by atoms with Gasteiger partial charge in [-0.15, -0.1) is 5.10 Å². The number of benzene rings is 3. The second-order valence-electron chi connectivity index (χ2n) is 10.4. The quantitative estimate of drug-likeness (QED) is 0.149. The number of aromatic nitrogens is 4. The van der Waals surface area contributed by atoms with Crippen molar-refractivity contribution >= 4 is 34.9 Å². The van der Waals surface area contributed by atoms with Crippen LogP contribution in [-0.2, 0) is 12.7 Å². The molecule has 1 heterocycles. The number of rotatable bonds is 8. The first-order chi connectivity index (χ1) is 21.1. The number of hydrogen-bond acceptors (Lipinski definition) is 7. The van der Waals surface area contributed by atoms with Crippen LogP contribution in [0.25, 0.3) is 0 Å². The van der Waals surface area contributed by atoms with E-state index >= 15 is 0 Å². The Bertz CT molecular complexity index is 1620. The van der Waals surface area contributed by atoms with E-state index in [1.54, 1.807) is 24.3 Å². The van der Waals surface area contributed by atoms with Crippen molar-refractivity contribution in [3.05, 3.63) is 99.1 Å². The van der Waals surface area contributed by atoms with E-state index in [2.05, 4.69) is 31.3 Å². The third-order valence-corrected chi connectivity index (χ3v) is 7.36. The standard InChI is InChI=1S/C29H27F3N8O4/c30-29(31,32)22-14-23(16-25(15-22)40(43)44)33-28(42)39(24-12-10-20(11-13-24)19-4-2-1-3-5-19)17-18-6-8-21(9-7-18)26(41)34-27-35-37-38-36-27/h6-16,19H,1-5,17H2,(H,33,42)(H2,34,35,36,37,38,41). The van der Waals surface area contributed by atoms with Gasteiger partial charge in [-0.3, -0.25) is 25.1 Å². The maximum atomic E-state index is 13.6. The molecule has 5 rings (SSSR count). The van der Waals surface area contributed by atoms with Gasteiger partial charge in [0.1, 0.15) is 0 Å². The fourth-order valence-corrected chi connectivity index (χ4v) is 5.12. The summed E-state index contributed by atoms with van der Waals surface area (Å²) in [5.74, 6) is -0.0812. The number of non-ortho nitro benzene ring substituents is 1. The van der Waals surface area contributed by atoms with E-state index < -0.39 is 34.3 Å². The molecular weight excluding hydrogens is 581 g/mol. The predicted molar refractivity (Wildman–Crippen MR) is 154 cm³/mol. The van der Waals surface area contributed by atoms with Gasteiger partial charge in [-0.2, -0.15) is 18.4 Å². The van der Waals surface area contributed by atoms with Gasteiger partial charge >= 0.3 is 12.2 Å². The van der Waals surface area contributed by atoms with Crippen LogP contribution >= 0.6 is 0 Å². The number of carbonyl (C=O) groups is 2. The maximum Gasteiger partial charge on any atom is 0.416 e. The Kier molecular flexibility index (Phi) is 8.83. The molecule has 4 aromatic rings. The molecule has 1 saturated carbocycles. The number of urea groups is 1. The second kappa shape index (κ2) is 12.9. The lowest BCUT2D eigenvalue weighted by molar-refractivity contribution is -0.385. The Hall–Kier alpha value is -5.34. The molecule has 0 aliphatic heterocycles. The topological polar surface area (TPSA) is 159 Å². The molecule has 3 amide bonds. The number of carbonyl (C=O) groups excluding carboxylic acids is 2. The molecule has 0 bridgehead atoms. The first-order valence-electron chi connectivity index (χ1n) is 13.8. The van der Waals surface area contributed by atoms with Crippen molar-refractivity contribution in [3.8, 4) is 0 Å². The largest absolute Gasteiger partial charge is 0.416 e. The summed E-state index contributed by atoms with van der Waals surface area (Å²) in [5, 5.41) is 29.1. The summed E-state index contributed by atoms with van der Waals surface area (Å²) in [7, 11) is 0. The Balaban J connectivity index is 1.41. The summed E-state index contributed by atoms with van der Waals surface area (Å²) < 4.78 is 40.4. The highest BCUT2D eigenvalue weighted by Crippen LogP contribution is 2.35. The van der Waals surface area contributed by atoms with Gasteiger partial charge in [0.25, 0.3) is 17.5 Å². The lowest BCUT2D eigenvalue weighted by Crippen LogP contribution is -2.34. The molecule has 1 aromatic heterocycles. The van der Waals surface area contributed by atoms with Gasteiger partial charge in [-0.25, -0.2) is 4.79 Å². The molecule has 0 spiro atoms. The number of nitrogens with zero attached hydrogens (tertiary/aromatic N) is 5. The van der Waals surface area contributed by atoms with Crippen molar-refractivity contribution in [3.63, 3.8) is 0 Å². The van der Waals surface area contributed by atoms with E-state index in [0.29, 0.717) is 29.3 Å². The SMILES string of the molecule is O=C(Nc1nn[nH]n1)c1ccc(CN(C(=O)Nc2cc([N+](=O)[O-])cc(C(F)(F)F)c2)c2ccc(C3CCCCC3)cc2)cc1. The maximum absolute atomic E-state index is 13.6. The van der Waals surface area contributed by atoms with Crippen molar-refractivity contribution < 1.29 is 27.7 Å². The fourth-order valence-electron chi connectivity index (χ4n) is 5.12. The minimum Gasteiger partial charge on any atom is -0.307 e. The lowest BCUT2D eigenvalue weighted by Gasteiger charge is -2.26. The van der Waals surface area contributed by atoms with Crippen LogP contribution < -0.4 is 15.5 Å². The highest BCUT2D eigenvalue weighted by Gasteiger charge is 2.33. The molecule has 12 nitrogen and oxygen atoms in total. The second-order valence-corrected chi connectivity index (χ2v) is 10.4. The normalized spacial score (nSPS) is 13.7. The molecular formula is C29H27F3N8O4. The van der Waals surface area contributed by atoms with Crippen molar-refractivity contribution in [2.24, 2.45) is 0 Å². The van der Waals surface area contributed by atoms with E-state index in [1.165, 1.54) is 23.5 Å². The number of aromatic amines is 1. The molecule has 1 aliphatic carbocycles. The molecule has 0 radical (unpaired) electrons. The third kappa shape index (κ3) is 7.35. The smallest absolute Gasteiger partial charge is 0.307 e. The van der Waals surface area contributed by atoms with Gasteiger partial charge in [0.2, 0.25) is 0 Å². The first-order valence-corrected chi connectivity index (χ1v) is 13.8. The number of amides is 3. The van der Waals surface area contributed by atoms with E-state index in [-0.39, 0.29) is 23.7 Å². The van der Waals surface area contributed by atoms with E-state index in [4.69, 9.17) is 0 Å². The molecule has 228 valence electrons. The van der Waals surface area contributed by atoms with Gasteiger partial charge in [-0.05, 0) is 65.4 Å². The highest BCUT2D eigenvalue weighted by atomic mass is 19.4. The average molecular weight is 609 g/mol. The number of tetrazole rings is 1. The molecule has 1 aliphatic rings. The summed E-state index contributed by atoms with van der Waals surface area (Å²) >= 11 is 0. The van der Waals surface area contributed by atoms with Crippen LogP contribution in [0.2, 0.25) is 0 Å². The van der Waals surface area contributed by atoms with Gasteiger partial charge in [0.05, 0.1) is 17.0 Å². The molecule has 3 N–H and O–H groups in total. The summed E-state index contributed by atoms with van der Waals surface area (Å²) in [4.78, 5) is 37.7. The first kappa shape index (κ1) is 30.1. The van der Waals surface area contributed by atoms with Crippen LogP contribution in [-0.4, -0.2) is 37.5 Å². The summed E-state index contributed by atoms with van der Waals surface area (Å²) in [6.07, 6.45) is 0.779. The van der Waals surface area contributed by atoms with Gasteiger partial charge in [0.15, 0.2) is 0 Å². The number of halogens is 3. The van der Waals surface area contributed by atoms with E-state index in [0.717, 1.165) is 37.3 Å². The highest BCUT2D eigenvalue weighted by molar-refractivity contribution is 6.03. The van der Waals surface area contributed by atoms with Crippen molar-refractivity contribution in [1.82, 2.24) is 20.6 Å². The number of H-pyrrole nitrogens is 1. The minimum absolute atomic E-state index is 0.00609.